The van der Waals surface area contributed by atoms with Crippen LogP contribution in [-0.4, -0.2) is 33.9 Å². The van der Waals surface area contributed by atoms with Crippen LogP contribution in [0.15, 0.2) is 32.8 Å². The van der Waals surface area contributed by atoms with E-state index in [1.165, 1.54) is 23.5 Å². The first-order chi connectivity index (χ1) is 13.6. The van der Waals surface area contributed by atoms with Crippen molar-refractivity contribution in [3.05, 3.63) is 45.0 Å². The number of hydrogen-bond donors (Lipinski definition) is 2. The van der Waals surface area contributed by atoms with Gasteiger partial charge in [0.1, 0.15) is 0 Å². The number of carbonyl (C=O) groups is 3. The Morgan fingerprint density at radius 2 is 2.03 bits per heavy atom. The van der Waals surface area contributed by atoms with E-state index in [0.29, 0.717) is 9.24 Å². The van der Waals surface area contributed by atoms with Gasteiger partial charge in [-0.1, -0.05) is 25.6 Å². The molecule has 1 heterocycles. The second-order valence-corrected chi connectivity index (χ2v) is 8.37. The Hall–Kier alpha value is -2.99. The van der Waals surface area contributed by atoms with Gasteiger partial charge in [0.15, 0.2) is 10.4 Å². The zero-order valence-electron chi connectivity index (χ0n) is 15.7. The van der Waals surface area contributed by atoms with Crippen molar-refractivity contribution in [3.8, 4) is 0 Å². The number of ether oxygens (including phenoxy) is 1. The number of imide groups is 1. The van der Waals surface area contributed by atoms with Gasteiger partial charge >= 0.3 is 12.0 Å². The van der Waals surface area contributed by atoms with Crippen molar-refractivity contribution in [2.75, 3.05) is 0 Å². The molecule has 0 saturated carbocycles. The maximum atomic E-state index is 12.4. The predicted octanol–water partition coefficient (Wildman–Crippen LogP) is 2.89. The number of esters is 1. The van der Waals surface area contributed by atoms with E-state index in [1.54, 1.807) is 13.8 Å². The first kappa shape index (κ1) is 22.3. The number of amides is 3. The van der Waals surface area contributed by atoms with Gasteiger partial charge in [-0.3, -0.25) is 20.2 Å². The van der Waals surface area contributed by atoms with Crippen LogP contribution in [0.4, 0.5) is 10.5 Å². The molecule has 0 aliphatic heterocycles. The largest absolute Gasteiger partial charge is 0.448 e. The molecule has 10 nitrogen and oxygen atoms in total. The van der Waals surface area contributed by atoms with Crippen LogP contribution in [0.25, 0.3) is 0 Å². The fourth-order valence-corrected chi connectivity index (χ4v) is 4.09. The summed E-state index contributed by atoms with van der Waals surface area (Å²) in [6.07, 6.45) is -1.29. The molecule has 2 aromatic rings. The molecule has 0 aliphatic carbocycles. The number of nitrogens with zero attached hydrogens (tertiary/aromatic N) is 2. The molecular formula is C17H18N4O6S2. The van der Waals surface area contributed by atoms with Crippen LogP contribution in [-0.2, 0) is 9.53 Å². The van der Waals surface area contributed by atoms with E-state index in [9.17, 15) is 24.5 Å². The molecule has 0 radical (unpaired) electrons. The Bertz CT molecular complexity index is 959. The fourth-order valence-electron chi connectivity index (χ4n) is 2.21. The van der Waals surface area contributed by atoms with Gasteiger partial charge in [-0.05, 0) is 25.0 Å². The highest BCUT2D eigenvalue weighted by Crippen LogP contribution is 2.37. The fraction of sp³-hybridized carbons (Fsp3) is 0.294. The van der Waals surface area contributed by atoms with Gasteiger partial charge in [0.05, 0.1) is 15.4 Å². The quantitative estimate of drug-likeness (QED) is 0.380. The zero-order chi connectivity index (χ0) is 21.7. The number of aromatic nitrogens is 1. The number of aryl methyl sites for hydroxylation is 1. The lowest BCUT2D eigenvalue weighted by atomic mass is 10.1. The van der Waals surface area contributed by atoms with Gasteiger partial charge in [0.25, 0.3) is 11.6 Å². The van der Waals surface area contributed by atoms with Crippen LogP contribution in [0, 0.1) is 23.0 Å². The molecule has 1 aromatic heterocycles. The number of rotatable bonds is 7. The Kier molecular flexibility index (Phi) is 7.29. The van der Waals surface area contributed by atoms with Crippen molar-refractivity contribution in [2.45, 2.75) is 36.1 Å². The third kappa shape index (κ3) is 5.99. The van der Waals surface area contributed by atoms with Crippen molar-refractivity contribution in [1.29, 1.82) is 0 Å². The summed E-state index contributed by atoms with van der Waals surface area (Å²) in [5.41, 5.74) is 5.32. The van der Waals surface area contributed by atoms with Crippen molar-refractivity contribution in [3.63, 3.8) is 0 Å². The lowest BCUT2D eigenvalue weighted by Crippen LogP contribution is -2.45. The van der Waals surface area contributed by atoms with E-state index < -0.39 is 34.9 Å². The summed E-state index contributed by atoms with van der Waals surface area (Å²) in [7, 11) is 0. The maximum absolute atomic E-state index is 12.4. The molecule has 0 aliphatic rings. The van der Waals surface area contributed by atoms with E-state index in [1.807, 2.05) is 17.6 Å². The normalized spacial score (nSPS) is 11.7. The summed E-state index contributed by atoms with van der Waals surface area (Å²) in [6, 6.07) is 2.78. The summed E-state index contributed by atoms with van der Waals surface area (Å²) >= 11 is 2.46. The number of nitro benzene ring substituents is 1. The van der Waals surface area contributed by atoms with Gasteiger partial charge in [-0.15, -0.1) is 11.3 Å². The van der Waals surface area contributed by atoms with Gasteiger partial charge in [0.2, 0.25) is 0 Å². The molecule has 154 valence electrons. The number of hydrogen-bond acceptors (Lipinski definition) is 9. The van der Waals surface area contributed by atoms with Crippen LogP contribution in [0.1, 0.15) is 29.9 Å². The minimum absolute atomic E-state index is 0.103. The predicted molar refractivity (Wildman–Crippen MR) is 106 cm³/mol. The van der Waals surface area contributed by atoms with Crippen molar-refractivity contribution >= 4 is 46.7 Å². The van der Waals surface area contributed by atoms with Crippen LogP contribution < -0.4 is 11.1 Å². The Labute approximate surface area is 174 Å². The minimum Gasteiger partial charge on any atom is -0.448 e. The summed E-state index contributed by atoms with van der Waals surface area (Å²) in [6.45, 7) is 5.03. The highest BCUT2D eigenvalue weighted by molar-refractivity contribution is 8.01. The number of urea groups is 1. The molecule has 1 unspecified atom stereocenters. The summed E-state index contributed by atoms with van der Waals surface area (Å²) < 4.78 is 5.79. The first-order valence-corrected chi connectivity index (χ1v) is 9.97. The monoisotopic (exact) mass is 438 g/mol. The summed E-state index contributed by atoms with van der Waals surface area (Å²) in [4.78, 5) is 50.7. The number of thiazole rings is 1. The molecule has 0 fully saturated rings. The molecule has 1 aromatic carbocycles. The Morgan fingerprint density at radius 3 is 2.55 bits per heavy atom. The van der Waals surface area contributed by atoms with Crippen LogP contribution >= 0.6 is 23.1 Å². The number of primary amides is 1. The summed E-state index contributed by atoms with van der Waals surface area (Å²) in [5, 5.41) is 15.1. The third-order valence-corrected chi connectivity index (χ3v) is 5.65. The molecular weight excluding hydrogens is 420 g/mol. The molecule has 12 heteroatoms. The van der Waals surface area contributed by atoms with Crippen molar-refractivity contribution in [1.82, 2.24) is 10.3 Å². The molecule has 0 bridgehead atoms. The highest BCUT2D eigenvalue weighted by Gasteiger charge is 2.29. The highest BCUT2D eigenvalue weighted by atomic mass is 32.2. The number of nitro groups is 1. The molecule has 29 heavy (non-hydrogen) atoms. The second-order valence-electron chi connectivity index (χ2n) is 6.22. The molecule has 3 amide bonds. The third-order valence-electron chi connectivity index (χ3n) is 3.53. The van der Waals surface area contributed by atoms with Gasteiger partial charge in [-0.25, -0.2) is 14.6 Å². The van der Waals surface area contributed by atoms with Crippen LogP contribution in [0.5, 0.6) is 0 Å². The number of benzene rings is 1. The van der Waals surface area contributed by atoms with Gasteiger partial charge < -0.3 is 10.5 Å². The van der Waals surface area contributed by atoms with Crippen molar-refractivity contribution < 1.29 is 24.0 Å². The van der Waals surface area contributed by atoms with Gasteiger partial charge in [-0.2, -0.15) is 0 Å². The second kappa shape index (κ2) is 9.47. The standard InChI is InChI=1S/C17H18N4O6S2/c1-8(2)13(14(22)20-16(18)24)27-15(23)10-4-5-12(11(6-10)21(25)26)29-17-19-9(3)7-28-17/h4-8,13H,1-3H3,(H3,18,20,22,24). The van der Waals surface area contributed by atoms with E-state index in [2.05, 4.69) is 4.98 Å². The van der Waals surface area contributed by atoms with Crippen LogP contribution in [0.2, 0.25) is 0 Å². The first-order valence-electron chi connectivity index (χ1n) is 8.28. The Morgan fingerprint density at radius 1 is 1.34 bits per heavy atom. The maximum Gasteiger partial charge on any atom is 0.339 e. The number of nitrogens with one attached hydrogen (secondary N) is 1. The average Bonchev–Trinajstić information content (AvgIpc) is 3.03. The van der Waals surface area contributed by atoms with Crippen LogP contribution in [0.3, 0.4) is 0 Å². The van der Waals surface area contributed by atoms with E-state index in [0.717, 1.165) is 23.5 Å². The lowest BCUT2D eigenvalue weighted by Gasteiger charge is -2.19. The molecule has 2 rings (SSSR count). The minimum atomic E-state index is -1.29. The average molecular weight is 438 g/mol. The molecule has 3 N–H and O–H groups in total. The van der Waals surface area contributed by atoms with E-state index in [-0.39, 0.29) is 11.3 Å². The van der Waals surface area contributed by atoms with Gasteiger partial charge in [0, 0.05) is 17.1 Å². The SMILES string of the molecule is Cc1csc(Sc2ccc(C(=O)OC(C(=O)NC(N)=O)C(C)C)cc2[N+](=O)[O-])n1. The Balaban J connectivity index is 2.25. The lowest BCUT2D eigenvalue weighted by molar-refractivity contribution is -0.387. The van der Waals surface area contributed by atoms with E-state index >= 15 is 0 Å². The summed E-state index contributed by atoms with van der Waals surface area (Å²) in [5.74, 6) is -2.27. The topological polar surface area (TPSA) is 155 Å². The molecule has 0 spiro atoms. The van der Waals surface area contributed by atoms with E-state index in [4.69, 9.17) is 10.5 Å². The smallest absolute Gasteiger partial charge is 0.339 e. The molecule has 1 atom stereocenters. The zero-order valence-corrected chi connectivity index (χ0v) is 17.3. The van der Waals surface area contributed by atoms with Crippen molar-refractivity contribution in [2.24, 2.45) is 11.7 Å². The number of carbonyl (C=O) groups excluding carboxylic acids is 3. The number of nitrogens with two attached hydrogens (primary N) is 1. The molecule has 0 saturated heterocycles.